The third kappa shape index (κ3) is 2.01. The lowest BCUT2D eigenvalue weighted by atomic mass is 10.1. The van der Waals surface area contributed by atoms with Gasteiger partial charge in [0.1, 0.15) is 0 Å². The quantitative estimate of drug-likeness (QED) is 0.539. The second-order valence-corrected chi connectivity index (χ2v) is 3.69. The maximum Gasteiger partial charge on any atom is 0.0798 e. The van der Waals surface area contributed by atoms with Crippen molar-refractivity contribution < 1.29 is 0 Å². The molecule has 12 heavy (non-hydrogen) atoms. The highest BCUT2D eigenvalue weighted by atomic mass is 79.9. The van der Waals surface area contributed by atoms with E-state index >= 15 is 0 Å². The van der Waals surface area contributed by atoms with Crippen LogP contribution in [-0.4, -0.2) is 5.16 Å². The molecule has 0 spiro atoms. The second kappa shape index (κ2) is 3.94. The molecular weight excluding hydrogens is 234 g/mol. The van der Waals surface area contributed by atoms with E-state index in [2.05, 4.69) is 38.3 Å². The van der Waals surface area contributed by atoms with Gasteiger partial charge in [0.2, 0.25) is 0 Å². The topological polar surface area (TPSA) is 12.4 Å². The highest BCUT2D eigenvalue weighted by Crippen LogP contribution is 2.26. The summed E-state index contributed by atoms with van der Waals surface area (Å²) in [7, 11) is 0. The summed E-state index contributed by atoms with van der Waals surface area (Å²) in [4.78, 5) is 3.99. The van der Waals surface area contributed by atoms with Crippen molar-refractivity contribution in [1.29, 1.82) is 0 Å². The summed E-state index contributed by atoms with van der Waals surface area (Å²) in [5.41, 5.74) is 3.15. The largest absolute Gasteiger partial charge is 0.194 e. The molecule has 0 aliphatic rings. The van der Waals surface area contributed by atoms with Gasteiger partial charge in [-0.05, 0) is 49.3 Å². The fourth-order valence-electron chi connectivity index (χ4n) is 1.13. The summed E-state index contributed by atoms with van der Waals surface area (Å²) >= 11 is 7.97. The molecule has 0 aliphatic carbocycles. The Kier molecular flexibility index (Phi) is 3.15. The lowest BCUT2D eigenvalue weighted by molar-refractivity contribution is 1.32. The van der Waals surface area contributed by atoms with E-state index in [1.165, 1.54) is 0 Å². The van der Waals surface area contributed by atoms with Gasteiger partial charge in [0.05, 0.1) is 10.8 Å². The standard InChI is InChI=1S/C9H8BrNS/c1-6-3-8(10)4-7(2)9(6)11-5-12/h3-4H,1-2H3. The molecule has 1 rings (SSSR count). The summed E-state index contributed by atoms with van der Waals surface area (Å²) in [6.45, 7) is 4.01. The van der Waals surface area contributed by atoms with E-state index in [1.807, 2.05) is 26.0 Å². The first-order valence-electron chi connectivity index (χ1n) is 3.50. The first-order chi connectivity index (χ1) is 5.65. The van der Waals surface area contributed by atoms with Crippen LogP contribution in [0.2, 0.25) is 0 Å². The molecule has 0 aromatic heterocycles. The van der Waals surface area contributed by atoms with Gasteiger partial charge in [0.25, 0.3) is 0 Å². The second-order valence-electron chi connectivity index (χ2n) is 2.59. The van der Waals surface area contributed by atoms with Crippen molar-refractivity contribution in [3.05, 3.63) is 27.7 Å². The van der Waals surface area contributed by atoms with Gasteiger partial charge in [-0.1, -0.05) is 15.9 Å². The summed E-state index contributed by atoms with van der Waals surface area (Å²) in [5, 5.41) is 2.38. The van der Waals surface area contributed by atoms with Crippen molar-refractivity contribution in [3.8, 4) is 0 Å². The van der Waals surface area contributed by atoms with Crippen molar-refractivity contribution in [2.75, 3.05) is 0 Å². The smallest absolute Gasteiger partial charge is 0.0798 e. The number of rotatable bonds is 1. The van der Waals surface area contributed by atoms with Gasteiger partial charge in [-0.3, -0.25) is 0 Å². The number of aliphatic imine (C=N–C) groups is 1. The monoisotopic (exact) mass is 241 g/mol. The van der Waals surface area contributed by atoms with Crippen LogP contribution in [0.5, 0.6) is 0 Å². The maximum absolute atomic E-state index is 4.56. The Bertz CT molecular complexity index is 331. The molecular formula is C9H8BrNS. The van der Waals surface area contributed by atoms with Crippen LogP contribution in [0.25, 0.3) is 0 Å². The summed E-state index contributed by atoms with van der Waals surface area (Å²) in [6, 6.07) is 4.02. The Morgan fingerprint density at radius 3 is 2.25 bits per heavy atom. The van der Waals surface area contributed by atoms with Gasteiger partial charge in [-0.25, -0.2) is 0 Å². The predicted molar refractivity (Wildman–Crippen MR) is 58.3 cm³/mol. The normalized spacial score (nSPS) is 9.25. The van der Waals surface area contributed by atoms with E-state index in [0.717, 1.165) is 21.3 Å². The number of nitrogens with zero attached hydrogens (tertiary/aromatic N) is 1. The number of aryl methyl sites for hydroxylation is 2. The zero-order valence-corrected chi connectivity index (χ0v) is 9.29. The Morgan fingerprint density at radius 2 is 1.83 bits per heavy atom. The molecule has 1 aromatic rings. The molecule has 0 radical (unpaired) electrons. The molecule has 0 bridgehead atoms. The number of hydrogen-bond acceptors (Lipinski definition) is 2. The first kappa shape index (κ1) is 9.59. The average Bonchev–Trinajstić information content (AvgIpc) is 1.96. The molecule has 0 unspecified atom stereocenters. The van der Waals surface area contributed by atoms with Crippen LogP contribution in [0.15, 0.2) is 21.6 Å². The van der Waals surface area contributed by atoms with Gasteiger partial charge < -0.3 is 0 Å². The lowest BCUT2D eigenvalue weighted by Gasteiger charge is -2.03. The van der Waals surface area contributed by atoms with Gasteiger partial charge in [0, 0.05) is 4.47 Å². The SMILES string of the molecule is Cc1cc(Br)cc(C)c1N=C=S. The highest BCUT2D eigenvalue weighted by Gasteiger charge is 2.01. The number of hydrogen-bond donors (Lipinski definition) is 0. The number of thiocarbonyl (C=S) groups is 1. The van der Waals surface area contributed by atoms with E-state index in [9.17, 15) is 0 Å². The van der Waals surface area contributed by atoms with Crippen molar-refractivity contribution in [2.45, 2.75) is 13.8 Å². The van der Waals surface area contributed by atoms with Crippen molar-refractivity contribution in [1.82, 2.24) is 0 Å². The van der Waals surface area contributed by atoms with Crippen LogP contribution in [-0.2, 0) is 0 Å². The Labute approximate surface area is 85.6 Å². The van der Waals surface area contributed by atoms with Crippen LogP contribution < -0.4 is 0 Å². The number of benzene rings is 1. The van der Waals surface area contributed by atoms with Gasteiger partial charge in [-0.15, -0.1) is 0 Å². The molecule has 0 atom stereocenters. The van der Waals surface area contributed by atoms with Crippen LogP contribution in [0.3, 0.4) is 0 Å². The van der Waals surface area contributed by atoms with Crippen LogP contribution in [0, 0.1) is 13.8 Å². The molecule has 0 N–H and O–H groups in total. The first-order valence-corrected chi connectivity index (χ1v) is 4.70. The van der Waals surface area contributed by atoms with Crippen LogP contribution in [0.1, 0.15) is 11.1 Å². The summed E-state index contributed by atoms with van der Waals surface area (Å²) in [6.07, 6.45) is 0. The van der Waals surface area contributed by atoms with Crippen LogP contribution >= 0.6 is 28.1 Å². The maximum atomic E-state index is 4.56. The van der Waals surface area contributed by atoms with Gasteiger partial charge >= 0.3 is 0 Å². The zero-order valence-electron chi connectivity index (χ0n) is 6.89. The fraction of sp³-hybridized carbons (Fsp3) is 0.222. The molecule has 0 saturated heterocycles. The van der Waals surface area contributed by atoms with E-state index in [-0.39, 0.29) is 0 Å². The molecule has 0 saturated carbocycles. The molecule has 0 aliphatic heterocycles. The molecule has 3 heteroatoms. The Balaban J connectivity index is 3.37. The zero-order chi connectivity index (χ0) is 9.14. The summed E-state index contributed by atoms with van der Waals surface area (Å²) < 4.78 is 1.07. The molecule has 0 fully saturated rings. The Morgan fingerprint density at radius 1 is 1.33 bits per heavy atom. The van der Waals surface area contributed by atoms with E-state index in [0.29, 0.717) is 0 Å². The molecule has 1 nitrogen and oxygen atoms in total. The third-order valence-electron chi connectivity index (χ3n) is 1.61. The molecule has 62 valence electrons. The average molecular weight is 242 g/mol. The minimum Gasteiger partial charge on any atom is -0.194 e. The number of isothiocyanates is 1. The van der Waals surface area contributed by atoms with Gasteiger partial charge in [-0.2, -0.15) is 4.99 Å². The fourth-order valence-corrected chi connectivity index (χ4v) is 1.90. The van der Waals surface area contributed by atoms with E-state index in [4.69, 9.17) is 0 Å². The van der Waals surface area contributed by atoms with Crippen LogP contribution in [0.4, 0.5) is 5.69 Å². The third-order valence-corrected chi connectivity index (χ3v) is 2.16. The predicted octanol–water partition coefficient (Wildman–Crippen LogP) is 3.80. The lowest BCUT2D eigenvalue weighted by Crippen LogP contribution is -1.80. The minimum atomic E-state index is 0.924. The molecule has 0 amide bonds. The molecule has 1 aromatic carbocycles. The van der Waals surface area contributed by atoms with Gasteiger partial charge in [0.15, 0.2) is 0 Å². The van der Waals surface area contributed by atoms with Crippen molar-refractivity contribution in [2.24, 2.45) is 4.99 Å². The summed E-state index contributed by atoms with van der Waals surface area (Å²) in [5.74, 6) is 0. The van der Waals surface area contributed by atoms with Crippen molar-refractivity contribution >= 4 is 39.0 Å². The molecule has 0 heterocycles. The van der Waals surface area contributed by atoms with Crippen molar-refractivity contribution in [3.63, 3.8) is 0 Å². The minimum absolute atomic E-state index is 0.924. The Hall–Kier alpha value is -0.500. The number of halogens is 1. The van der Waals surface area contributed by atoms with E-state index in [1.54, 1.807) is 0 Å². The highest BCUT2D eigenvalue weighted by molar-refractivity contribution is 9.10. The van der Waals surface area contributed by atoms with E-state index < -0.39 is 0 Å².